The fraction of sp³-hybridized carbons (Fsp3) is 0.435. The summed E-state index contributed by atoms with van der Waals surface area (Å²) in [6.45, 7) is 12.4. The maximum absolute atomic E-state index is 13.7. The van der Waals surface area contributed by atoms with Gasteiger partial charge in [0.25, 0.3) is 0 Å². The topological polar surface area (TPSA) is 29.5 Å². The largest absolute Gasteiger partial charge is 0.469 e. The lowest BCUT2D eigenvalue weighted by Crippen LogP contribution is -2.17. The number of methoxy groups -OCH3 is 1. The Hall–Kier alpha value is -1.72. The number of aryl methyl sites for hydroxylation is 1. The van der Waals surface area contributed by atoms with Gasteiger partial charge in [-0.2, -0.15) is 0 Å². The normalized spacial score (nSPS) is 9.59. The Morgan fingerprint density at radius 2 is 1.76 bits per heavy atom. The van der Waals surface area contributed by atoms with Crippen molar-refractivity contribution < 1.29 is 13.9 Å². The number of hydrogen-bond donors (Lipinski definition) is 0. The zero-order valence-electron chi connectivity index (χ0n) is 18.7. The summed E-state index contributed by atoms with van der Waals surface area (Å²) < 4.78 is 20.5. The Kier molecular flexibility index (Phi) is 13.4. The molecule has 0 saturated heterocycles. The second-order valence-electron chi connectivity index (χ2n) is 5.75. The van der Waals surface area contributed by atoms with Gasteiger partial charge in [0, 0.05) is 6.26 Å². The predicted octanol–water partition coefficient (Wildman–Crippen LogP) is 7.15. The molecule has 0 radical (unpaired) electrons. The van der Waals surface area contributed by atoms with Crippen LogP contribution in [0.15, 0.2) is 30.3 Å². The third kappa shape index (κ3) is 7.90. The summed E-state index contributed by atoms with van der Waals surface area (Å²) >= 11 is 7.62. The third-order valence-electron chi connectivity index (χ3n) is 4.03. The van der Waals surface area contributed by atoms with E-state index in [0.717, 1.165) is 22.4 Å². The van der Waals surface area contributed by atoms with Crippen LogP contribution in [0, 0.1) is 19.7 Å². The second-order valence-corrected chi connectivity index (χ2v) is 6.94. The maximum atomic E-state index is 13.7. The monoisotopic (exact) mass is 441 g/mol. The highest BCUT2D eigenvalue weighted by molar-refractivity contribution is 7.99. The lowest BCUT2D eigenvalue weighted by molar-refractivity contribution is -0.139. The van der Waals surface area contributed by atoms with E-state index in [0.29, 0.717) is 12.1 Å². The quantitative estimate of drug-likeness (QED) is 0.351. The van der Waals surface area contributed by atoms with Gasteiger partial charge in [0.2, 0.25) is 0 Å². The second kappa shape index (κ2) is 14.3. The summed E-state index contributed by atoms with van der Waals surface area (Å²) in [6.07, 6.45) is 2.18. The van der Waals surface area contributed by atoms with E-state index in [-0.39, 0.29) is 17.4 Å². The molecular formula is C23H33ClFNO2S. The number of anilines is 1. The van der Waals surface area contributed by atoms with Crippen LogP contribution in [0.1, 0.15) is 49.9 Å². The van der Waals surface area contributed by atoms with Gasteiger partial charge >= 0.3 is 5.97 Å². The first kappa shape index (κ1) is 27.3. The highest BCUT2D eigenvalue weighted by Gasteiger charge is 2.17. The van der Waals surface area contributed by atoms with Gasteiger partial charge in [-0.15, -0.1) is 0 Å². The molecule has 0 fully saturated rings. The third-order valence-corrected chi connectivity index (χ3v) is 5.22. The van der Waals surface area contributed by atoms with Crippen molar-refractivity contribution in [3.63, 3.8) is 0 Å². The van der Waals surface area contributed by atoms with Crippen LogP contribution >= 0.6 is 23.5 Å². The molecule has 162 valence electrons. The van der Waals surface area contributed by atoms with Crippen molar-refractivity contribution in [1.82, 2.24) is 0 Å². The summed E-state index contributed by atoms with van der Waals surface area (Å²) in [7, 11) is 1.38. The van der Waals surface area contributed by atoms with E-state index in [1.165, 1.54) is 25.1 Å². The zero-order chi connectivity index (χ0) is 22.6. The molecule has 0 amide bonds. The van der Waals surface area contributed by atoms with Crippen molar-refractivity contribution in [2.24, 2.45) is 0 Å². The van der Waals surface area contributed by atoms with Crippen molar-refractivity contribution in [3.8, 4) is 0 Å². The van der Waals surface area contributed by atoms with Crippen LogP contribution in [-0.2, 0) is 22.5 Å². The summed E-state index contributed by atoms with van der Waals surface area (Å²) in [4.78, 5) is 11.7. The number of benzene rings is 2. The van der Waals surface area contributed by atoms with Gasteiger partial charge in [0.05, 0.1) is 30.8 Å². The van der Waals surface area contributed by atoms with E-state index >= 15 is 0 Å². The van der Waals surface area contributed by atoms with Crippen LogP contribution < -0.4 is 4.31 Å². The molecule has 0 aliphatic carbocycles. The summed E-state index contributed by atoms with van der Waals surface area (Å²) in [5, 5.41) is 0.140. The number of nitrogens with zero attached hydrogens (tertiary/aromatic N) is 1. The van der Waals surface area contributed by atoms with Crippen LogP contribution in [0.5, 0.6) is 0 Å². The molecular weight excluding hydrogens is 409 g/mol. The number of esters is 1. The number of carbonyl (C=O) groups is 1. The molecule has 3 nitrogen and oxygen atoms in total. The van der Waals surface area contributed by atoms with Crippen molar-refractivity contribution in [2.45, 2.75) is 54.5 Å². The van der Waals surface area contributed by atoms with E-state index in [1.807, 2.05) is 64.2 Å². The van der Waals surface area contributed by atoms with Crippen LogP contribution in [0.3, 0.4) is 0 Å². The number of hydrogen-bond acceptors (Lipinski definition) is 4. The summed E-state index contributed by atoms with van der Waals surface area (Å²) in [6, 6.07) is 8.86. The summed E-state index contributed by atoms with van der Waals surface area (Å²) in [5.74, 6) is -0.698. The SMILES string of the molecule is CC.CC.COC(=O)Cc1cc(C)cc(N(Cc2cccc(F)c2Cl)SC)c1C. The Bertz CT molecular complexity index is 784. The van der Waals surface area contributed by atoms with Crippen LogP contribution in [0.2, 0.25) is 5.02 Å². The first-order valence-electron chi connectivity index (χ1n) is 9.78. The van der Waals surface area contributed by atoms with E-state index in [9.17, 15) is 9.18 Å². The molecule has 0 heterocycles. The molecule has 0 atom stereocenters. The maximum Gasteiger partial charge on any atom is 0.309 e. The van der Waals surface area contributed by atoms with E-state index in [4.69, 9.17) is 16.3 Å². The summed E-state index contributed by atoms with van der Waals surface area (Å²) in [5.41, 5.74) is 4.66. The molecule has 2 aromatic rings. The van der Waals surface area contributed by atoms with Gasteiger partial charge in [-0.3, -0.25) is 4.79 Å². The average Bonchev–Trinajstić information content (AvgIpc) is 2.74. The molecule has 6 heteroatoms. The number of halogens is 2. The molecule has 0 aliphatic heterocycles. The van der Waals surface area contributed by atoms with E-state index in [1.54, 1.807) is 6.07 Å². The molecule has 2 rings (SSSR count). The van der Waals surface area contributed by atoms with Gasteiger partial charge < -0.3 is 9.04 Å². The standard InChI is InChI=1S/C19H21ClFNO2S.2C2H6/c1-12-8-15(10-18(23)24-3)13(2)17(9-12)22(25-4)11-14-6-5-7-16(21)19(14)20;2*1-2/h5-9H,10-11H2,1-4H3;2*1-2H3. The van der Waals surface area contributed by atoms with E-state index in [2.05, 4.69) is 6.07 Å². The fourth-order valence-electron chi connectivity index (χ4n) is 2.66. The van der Waals surface area contributed by atoms with Crippen LogP contribution in [0.25, 0.3) is 0 Å². The van der Waals surface area contributed by atoms with Gasteiger partial charge in [-0.25, -0.2) is 4.39 Å². The lowest BCUT2D eigenvalue weighted by atomic mass is 10.0. The molecule has 0 aromatic heterocycles. The van der Waals surface area contributed by atoms with Gasteiger partial charge in [0.15, 0.2) is 0 Å². The minimum Gasteiger partial charge on any atom is -0.469 e. The molecule has 0 N–H and O–H groups in total. The molecule has 0 unspecified atom stereocenters. The van der Waals surface area contributed by atoms with Gasteiger partial charge in [-0.05, 0) is 48.2 Å². The highest BCUT2D eigenvalue weighted by Crippen LogP contribution is 2.32. The van der Waals surface area contributed by atoms with Gasteiger partial charge in [0.1, 0.15) is 5.82 Å². The predicted molar refractivity (Wildman–Crippen MR) is 125 cm³/mol. The smallest absolute Gasteiger partial charge is 0.309 e. The van der Waals surface area contributed by atoms with Crippen molar-refractivity contribution in [1.29, 1.82) is 0 Å². The molecule has 29 heavy (non-hydrogen) atoms. The molecule has 0 aliphatic rings. The highest BCUT2D eigenvalue weighted by atomic mass is 35.5. The number of rotatable bonds is 6. The van der Waals surface area contributed by atoms with Crippen LogP contribution in [0.4, 0.5) is 10.1 Å². The van der Waals surface area contributed by atoms with Crippen molar-refractivity contribution >= 4 is 35.2 Å². The minimum atomic E-state index is -0.424. The first-order chi connectivity index (χ1) is 13.9. The number of carbonyl (C=O) groups excluding carboxylic acids is 1. The first-order valence-corrected chi connectivity index (χ1v) is 11.3. The zero-order valence-corrected chi connectivity index (χ0v) is 20.3. The van der Waals surface area contributed by atoms with Gasteiger partial charge in [-0.1, -0.05) is 69.4 Å². The average molecular weight is 442 g/mol. The molecule has 0 bridgehead atoms. The van der Waals surface area contributed by atoms with E-state index < -0.39 is 5.82 Å². The molecule has 2 aromatic carbocycles. The number of ether oxygens (including phenoxy) is 1. The van der Waals surface area contributed by atoms with Crippen molar-refractivity contribution in [2.75, 3.05) is 17.7 Å². The Morgan fingerprint density at radius 1 is 1.14 bits per heavy atom. The fourth-order valence-corrected chi connectivity index (χ4v) is 3.50. The molecule has 0 spiro atoms. The Balaban J connectivity index is 0.00000184. The lowest BCUT2D eigenvalue weighted by Gasteiger charge is -2.26. The minimum absolute atomic E-state index is 0.140. The molecule has 0 saturated carbocycles. The van der Waals surface area contributed by atoms with Crippen LogP contribution in [-0.4, -0.2) is 19.3 Å². The Morgan fingerprint density at radius 3 is 2.31 bits per heavy atom. The van der Waals surface area contributed by atoms with Crippen molar-refractivity contribution in [3.05, 3.63) is 63.4 Å². The Labute approximate surface area is 184 Å².